The predicted octanol–water partition coefficient (Wildman–Crippen LogP) is 1.43. The van der Waals surface area contributed by atoms with Gasteiger partial charge in [-0.05, 0) is 6.42 Å². The molecule has 1 N–H and O–H groups in total. The van der Waals surface area contributed by atoms with E-state index in [1.165, 1.54) is 11.3 Å². The molecule has 0 atom stereocenters. The van der Waals surface area contributed by atoms with Crippen LogP contribution in [0, 0.1) is 0 Å². The summed E-state index contributed by atoms with van der Waals surface area (Å²) in [6.07, 6.45) is 4.47. The van der Waals surface area contributed by atoms with Gasteiger partial charge in [0.15, 0.2) is 5.75 Å². The van der Waals surface area contributed by atoms with Gasteiger partial charge in [0.2, 0.25) is 0 Å². The van der Waals surface area contributed by atoms with Crippen molar-refractivity contribution in [1.29, 1.82) is 0 Å². The molecule has 0 amide bonds. The Balaban J connectivity index is 2.02. The summed E-state index contributed by atoms with van der Waals surface area (Å²) in [6.45, 7) is 2.83. The van der Waals surface area contributed by atoms with Crippen LogP contribution in [0.2, 0.25) is 0 Å². The van der Waals surface area contributed by atoms with Crippen molar-refractivity contribution < 1.29 is 9.84 Å². The highest BCUT2D eigenvalue weighted by Gasteiger charge is 2.06. The van der Waals surface area contributed by atoms with E-state index in [1.807, 2.05) is 10.9 Å². The molecular formula is C9H12N4O2S. The van der Waals surface area contributed by atoms with E-state index in [-0.39, 0.29) is 6.61 Å². The summed E-state index contributed by atoms with van der Waals surface area (Å²) in [4.78, 5) is 0. The fourth-order valence-corrected chi connectivity index (χ4v) is 1.76. The van der Waals surface area contributed by atoms with Crippen molar-refractivity contribution in [3.8, 4) is 10.9 Å². The SMILES string of the molecule is CCCn1cc(Oc2nnc(CO)s2)cn1. The Kier molecular flexibility index (Phi) is 3.47. The zero-order chi connectivity index (χ0) is 11.4. The Bertz CT molecular complexity index is 454. The van der Waals surface area contributed by atoms with E-state index in [9.17, 15) is 0 Å². The normalized spacial score (nSPS) is 10.6. The van der Waals surface area contributed by atoms with Crippen LogP contribution in [0.25, 0.3) is 0 Å². The second-order valence-corrected chi connectivity index (χ2v) is 4.19. The number of hydrogen-bond donors (Lipinski definition) is 1. The number of aliphatic hydroxyl groups excluding tert-OH is 1. The van der Waals surface area contributed by atoms with Crippen LogP contribution in [0.5, 0.6) is 10.9 Å². The maximum absolute atomic E-state index is 8.83. The first-order valence-corrected chi connectivity index (χ1v) is 5.77. The van der Waals surface area contributed by atoms with Crippen LogP contribution in [0.15, 0.2) is 12.4 Å². The van der Waals surface area contributed by atoms with E-state index in [4.69, 9.17) is 9.84 Å². The minimum Gasteiger partial charge on any atom is -0.426 e. The number of ether oxygens (including phenoxy) is 1. The Morgan fingerprint density at radius 1 is 1.50 bits per heavy atom. The molecule has 0 saturated carbocycles. The minimum absolute atomic E-state index is 0.115. The molecule has 2 aromatic rings. The summed E-state index contributed by atoms with van der Waals surface area (Å²) >= 11 is 1.22. The molecule has 0 bridgehead atoms. The van der Waals surface area contributed by atoms with Gasteiger partial charge in [-0.25, -0.2) is 0 Å². The second-order valence-electron chi connectivity index (χ2n) is 3.16. The standard InChI is InChI=1S/C9H12N4O2S/c1-2-3-13-5-7(4-10-13)15-9-12-11-8(6-14)16-9/h4-5,14H,2-3,6H2,1H3. The number of aromatic nitrogens is 4. The van der Waals surface area contributed by atoms with Crippen molar-refractivity contribution >= 4 is 11.3 Å². The molecule has 0 aliphatic rings. The summed E-state index contributed by atoms with van der Waals surface area (Å²) in [6, 6.07) is 0. The molecule has 7 heteroatoms. The van der Waals surface area contributed by atoms with Crippen molar-refractivity contribution in [2.45, 2.75) is 26.5 Å². The number of aliphatic hydroxyl groups is 1. The van der Waals surface area contributed by atoms with Gasteiger partial charge in [-0.2, -0.15) is 5.10 Å². The topological polar surface area (TPSA) is 73.1 Å². The highest BCUT2D eigenvalue weighted by atomic mass is 32.1. The van der Waals surface area contributed by atoms with Crippen molar-refractivity contribution in [3.63, 3.8) is 0 Å². The molecule has 2 rings (SSSR count). The van der Waals surface area contributed by atoms with Crippen molar-refractivity contribution in [1.82, 2.24) is 20.0 Å². The third kappa shape index (κ3) is 2.56. The lowest BCUT2D eigenvalue weighted by atomic mass is 10.5. The Morgan fingerprint density at radius 3 is 3.06 bits per heavy atom. The second kappa shape index (κ2) is 5.04. The summed E-state index contributed by atoms with van der Waals surface area (Å²) < 4.78 is 7.25. The molecule has 0 fully saturated rings. The molecular weight excluding hydrogens is 228 g/mol. The van der Waals surface area contributed by atoms with Gasteiger partial charge in [0.05, 0.1) is 19.0 Å². The zero-order valence-corrected chi connectivity index (χ0v) is 9.65. The van der Waals surface area contributed by atoms with Crippen LogP contribution < -0.4 is 4.74 Å². The quantitative estimate of drug-likeness (QED) is 0.855. The molecule has 0 spiro atoms. The van der Waals surface area contributed by atoms with E-state index < -0.39 is 0 Å². The third-order valence-corrected chi connectivity index (χ3v) is 2.64. The van der Waals surface area contributed by atoms with Crippen LogP contribution in [0.1, 0.15) is 18.4 Å². The minimum atomic E-state index is -0.115. The monoisotopic (exact) mass is 240 g/mol. The number of rotatable bonds is 5. The number of aryl methyl sites for hydroxylation is 1. The first kappa shape index (κ1) is 11.0. The van der Waals surface area contributed by atoms with Gasteiger partial charge in [-0.15, -0.1) is 5.10 Å². The van der Waals surface area contributed by atoms with Crippen molar-refractivity contribution in [3.05, 3.63) is 17.4 Å². The summed E-state index contributed by atoms with van der Waals surface area (Å²) in [5.74, 6) is 0.633. The third-order valence-electron chi connectivity index (χ3n) is 1.85. The molecule has 0 unspecified atom stereocenters. The van der Waals surface area contributed by atoms with Gasteiger partial charge in [0.1, 0.15) is 5.01 Å². The molecule has 86 valence electrons. The molecule has 2 heterocycles. The fourth-order valence-electron chi connectivity index (χ4n) is 1.19. The van der Waals surface area contributed by atoms with E-state index >= 15 is 0 Å². The number of hydrogen-bond acceptors (Lipinski definition) is 6. The maximum Gasteiger partial charge on any atom is 0.299 e. The Morgan fingerprint density at radius 2 is 2.38 bits per heavy atom. The van der Waals surface area contributed by atoms with E-state index in [0.717, 1.165) is 13.0 Å². The molecule has 0 aliphatic heterocycles. The van der Waals surface area contributed by atoms with Crippen LogP contribution >= 0.6 is 11.3 Å². The summed E-state index contributed by atoms with van der Waals surface area (Å²) in [5, 5.41) is 21.4. The summed E-state index contributed by atoms with van der Waals surface area (Å²) in [7, 11) is 0. The molecule has 0 aliphatic carbocycles. The molecule has 6 nitrogen and oxygen atoms in total. The highest BCUT2D eigenvalue weighted by molar-refractivity contribution is 7.13. The smallest absolute Gasteiger partial charge is 0.299 e. The first-order valence-electron chi connectivity index (χ1n) is 4.95. The van der Waals surface area contributed by atoms with Crippen LogP contribution in [0.3, 0.4) is 0 Å². The lowest BCUT2D eigenvalue weighted by Crippen LogP contribution is -1.95. The van der Waals surface area contributed by atoms with Gasteiger partial charge in [0.25, 0.3) is 5.19 Å². The zero-order valence-electron chi connectivity index (χ0n) is 8.83. The molecule has 0 radical (unpaired) electrons. The lowest BCUT2D eigenvalue weighted by Gasteiger charge is -1.96. The Hall–Kier alpha value is -1.47. The molecule has 0 saturated heterocycles. The molecule has 0 aromatic carbocycles. The fraction of sp³-hybridized carbons (Fsp3) is 0.444. The predicted molar refractivity (Wildman–Crippen MR) is 58.4 cm³/mol. The lowest BCUT2D eigenvalue weighted by molar-refractivity contribution is 0.280. The van der Waals surface area contributed by atoms with E-state index in [2.05, 4.69) is 22.2 Å². The average Bonchev–Trinajstić information content (AvgIpc) is 2.89. The van der Waals surface area contributed by atoms with E-state index in [1.54, 1.807) is 6.20 Å². The van der Waals surface area contributed by atoms with Crippen molar-refractivity contribution in [2.75, 3.05) is 0 Å². The Labute approximate surface area is 96.5 Å². The summed E-state index contributed by atoms with van der Waals surface area (Å²) in [5.41, 5.74) is 0. The largest absolute Gasteiger partial charge is 0.426 e. The van der Waals surface area contributed by atoms with Crippen LogP contribution in [0.4, 0.5) is 0 Å². The van der Waals surface area contributed by atoms with Gasteiger partial charge >= 0.3 is 0 Å². The van der Waals surface area contributed by atoms with Crippen LogP contribution in [-0.2, 0) is 13.2 Å². The average molecular weight is 240 g/mol. The van der Waals surface area contributed by atoms with Gasteiger partial charge in [0, 0.05) is 6.54 Å². The van der Waals surface area contributed by atoms with Gasteiger partial charge in [-0.3, -0.25) is 4.68 Å². The van der Waals surface area contributed by atoms with Crippen molar-refractivity contribution in [2.24, 2.45) is 0 Å². The number of nitrogens with zero attached hydrogens (tertiary/aromatic N) is 4. The molecule has 16 heavy (non-hydrogen) atoms. The van der Waals surface area contributed by atoms with Gasteiger partial charge in [-0.1, -0.05) is 23.4 Å². The first-order chi connectivity index (χ1) is 7.81. The van der Waals surface area contributed by atoms with Crippen LogP contribution in [-0.4, -0.2) is 25.1 Å². The van der Waals surface area contributed by atoms with E-state index in [0.29, 0.717) is 16.0 Å². The highest BCUT2D eigenvalue weighted by Crippen LogP contribution is 2.24. The van der Waals surface area contributed by atoms with Gasteiger partial charge < -0.3 is 9.84 Å². The maximum atomic E-state index is 8.83. The molecule has 2 aromatic heterocycles.